The smallest absolute Gasteiger partial charge is 0.425 e. The lowest BCUT2D eigenvalue weighted by molar-refractivity contribution is -0.249. The number of hydrogen-bond donors (Lipinski definition) is 1. The number of carbonyl (C=O) groups is 1. The Balaban J connectivity index is 5.09. The molecule has 0 spiro atoms. The molecule has 0 saturated carbocycles. The van der Waals surface area contributed by atoms with Crippen molar-refractivity contribution in [1.29, 1.82) is 0 Å². The van der Waals surface area contributed by atoms with Crippen LogP contribution in [-0.2, 0) is 4.79 Å². The third-order valence-electron chi connectivity index (χ3n) is 2.41. The Morgan fingerprint density at radius 2 is 1.61 bits per heavy atom. The lowest BCUT2D eigenvalue weighted by atomic mass is 9.78. The third kappa shape index (κ3) is 3.92. The molecule has 8 heteroatoms. The molecule has 106 valence electrons. The van der Waals surface area contributed by atoms with E-state index in [9.17, 15) is 31.1 Å². The minimum absolute atomic E-state index is 0.712. The van der Waals surface area contributed by atoms with E-state index in [1.165, 1.54) is 0 Å². The van der Waals surface area contributed by atoms with Crippen LogP contribution < -0.4 is 0 Å². The Kier molecular flexibility index (Phi) is 4.49. The molecule has 0 aromatic carbocycles. The van der Waals surface area contributed by atoms with Gasteiger partial charge in [-0.25, -0.2) is 18.0 Å². The van der Waals surface area contributed by atoms with Crippen LogP contribution in [0.5, 0.6) is 0 Å². The Morgan fingerprint density at radius 3 is 1.89 bits per heavy atom. The summed E-state index contributed by atoms with van der Waals surface area (Å²) in [5.74, 6) is -6.35. The van der Waals surface area contributed by atoms with E-state index in [0.717, 1.165) is 13.8 Å². The van der Waals surface area contributed by atoms with E-state index in [-0.39, 0.29) is 0 Å². The summed E-state index contributed by atoms with van der Waals surface area (Å²) in [6, 6.07) is 0. The van der Waals surface area contributed by atoms with Crippen molar-refractivity contribution in [2.75, 3.05) is 0 Å². The van der Waals surface area contributed by atoms with E-state index in [1.807, 2.05) is 0 Å². The first-order valence-electron chi connectivity index (χ1n) is 4.73. The van der Waals surface area contributed by atoms with Crippen molar-refractivity contribution in [2.45, 2.75) is 38.5 Å². The molecule has 0 aromatic heterocycles. The van der Waals surface area contributed by atoms with Gasteiger partial charge in [0.15, 0.2) is 0 Å². The Morgan fingerprint density at radius 1 is 1.22 bits per heavy atom. The fraction of sp³-hybridized carbons (Fsp3) is 0.700. The molecule has 0 amide bonds. The van der Waals surface area contributed by atoms with Crippen molar-refractivity contribution in [2.24, 2.45) is 5.41 Å². The molecule has 0 heterocycles. The summed E-state index contributed by atoms with van der Waals surface area (Å²) in [6.07, 6.45) is -11.7. The molecule has 0 aromatic rings. The van der Waals surface area contributed by atoms with Crippen molar-refractivity contribution in [3.63, 3.8) is 0 Å². The molecular formula is C10H12F6O2. The molecule has 1 N–H and O–H groups in total. The molecule has 1 atom stereocenters. The highest BCUT2D eigenvalue weighted by Crippen LogP contribution is 2.44. The van der Waals surface area contributed by atoms with E-state index in [1.54, 1.807) is 0 Å². The van der Waals surface area contributed by atoms with Crippen molar-refractivity contribution in [3.8, 4) is 0 Å². The molecule has 18 heavy (non-hydrogen) atoms. The molecular weight excluding hydrogens is 266 g/mol. The Labute approximate surface area is 99.3 Å². The first-order chi connectivity index (χ1) is 7.72. The normalized spacial score (nSPS) is 15.3. The summed E-state index contributed by atoms with van der Waals surface area (Å²) >= 11 is 0. The van der Waals surface area contributed by atoms with Crippen LogP contribution >= 0.6 is 0 Å². The van der Waals surface area contributed by atoms with Gasteiger partial charge in [0.2, 0.25) is 0 Å². The van der Waals surface area contributed by atoms with Crippen molar-refractivity contribution in [1.82, 2.24) is 0 Å². The highest BCUT2D eigenvalue weighted by atomic mass is 19.4. The molecule has 0 rings (SSSR count). The maximum absolute atomic E-state index is 13.1. The first-order valence-corrected chi connectivity index (χ1v) is 4.73. The van der Waals surface area contributed by atoms with Crippen LogP contribution in [0.4, 0.5) is 26.3 Å². The number of hydrogen-bond acceptors (Lipinski definition) is 1. The van der Waals surface area contributed by atoms with E-state index in [4.69, 9.17) is 5.11 Å². The number of aliphatic carboxylic acids is 1. The molecule has 0 aliphatic heterocycles. The van der Waals surface area contributed by atoms with Crippen molar-refractivity contribution >= 4 is 5.97 Å². The van der Waals surface area contributed by atoms with Gasteiger partial charge < -0.3 is 5.11 Å². The SMILES string of the molecule is C=C(C(=O)O)C(C)(C)CC(F)(F)C(F)C(F)(F)F. The molecule has 0 aliphatic rings. The average molecular weight is 278 g/mol. The van der Waals surface area contributed by atoms with Crippen LogP contribution in [0.25, 0.3) is 0 Å². The van der Waals surface area contributed by atoms with Gasteiger partial charge in [-0.15, -0.1) is 0 Å². The van der Waals surface area contributed by atoms with E-state index >= 15 is 0 Å². The highest BCUT2D eigenvalue weighted by molar-refractivity contribution is 5.87. The first kappa shape index (κ1) is 16.8. The molecule has 0 bridgehead atoms. The van der Waals surface area contributed by atoms with Gasteiger partial charge in [-0.2, -0.15) is 13.2 Å². The van der Waals surface area contributed by atoms with Gasteiger partial charge in [0, 0.05) is 17.4 Å². The summed E-state index contributed by atoms with van der Waals surface area (Å²) in [6.45, 7) is 4.91. The van der Waals surface area contributed by atoms with Crippen LogP contribution in [0.3, 0.4) is 0 Å². The maximum atomic E-state index is 13.1. The van der Waals surface area contributed by atoms with Crippen molar-refractivity contribution < 1.29 is 36.2 Å². The van der Waals surface area contributed by atoms with Gasteiger partial charge in [-0.3, -0.25) is 0 Å². The topological polar surface area (TPSA) is 37.3 Å². The van der Waals surface area contributed by atoms with Gasteiger partial charge in [0.25, 0.3) is 12.1 Å². The number of alkyl halides is 6. The van der Waals surface area contributed by atoms with E-state index in [0.29, 0.717) is 0 Å². The van der Waals surface area contributed by atoms with Crippen LogP contribution in [0, 0.1) is 5.41 Å². The van der Waals surface area contributed by atoms with Crippen LogP contribution in [0.2, 0.25) is 0 Å². The van der Waals surface area contributed by atoms with Gasteiger partial charge in [-0.1, -0.05) is 20.4 Å². The standard InChI is InChI=1S/C10H12F6O2/c1-5(6(17)18)8(2,3)4-9(12,13)7(11)10(14,15)16/h7H,1,4H2,2-3H3,(H,17,18). The number of carboxylic acid groups (broad SMARTS) is 1. The second-order valence-corrected chi connectivity index (χ2v) is 4.51. The second kappa shape index (κ2) is 4.81. The Hall–Kier alpha value is -1.21. The minimum Gasteiger partial charge on any atom is -0.478 e. The quantitative estimate of drug-likeness (QED) is 0.616. The second-order valence-electron chi connectivity index (χ2n) is 4.51. The number of rotatable bonds is 5. The molecule has 0 aliphatic carbocycles. The molecule has 0 saturated heterocycles. The molecule has 2 nitrogen and oxygen atoms in total. The maximum Gasteiger partial charge on any atom is 0.425 e. The summed E-state index contributed by atoms with van der Waals surface area (Å²) < 4.78 is 74.5. The highest BCUT2D eigenvalue weighted by Gasteiger charge is 2.58. The number of halogens is 6. The van der Waals surface area contributed by atoms with Crippen LogP contribution in [-0.4, -0.2) is 29.3 Å². The van der Waals surface area contributed by atoms with Gasteiger partial charge >= 0.3 is 12.1 Å². The molecule has 0 fully saturated rings. The van der Waals surface area contributed by atoms with Gasteiger partial charge in [0.1, 0.15) is 0 Å². The largest absolute Gasteiger partial charge is 0.478 e. The fourth-order valence-corrected chi connectivity index (χ4v) is 1.31. The zero-order valence-electron chi connectivity index (χ0n) is 9.61. The number of carboxylic acids is 1. The summed E-state index contributed by atoms with van der Waals surface area (Å²) in [5.41, 5.74) is -2.58. The van der Waals surface area contributed by atoms with Crippen LogP contribution in [0.15, 0.2) is 12.2 Å². The predicted molar refractivity (Wildman–Crippen MR) is 51.1 cm³/mol. The third-order valence-corrected chi connectivity index (χ3v) is 2.41. The Bertz CT molecular complexity index is 345. The zero-order valence-corrected chi connectivity index (χ0v) is 9.61. The van der Waals surface area contributed by atoms with Crippen LogP contribution in [0.1, 0.15) is 20.3 Å². The molecule has 1 unspecified atom stereocenters. The zero-order chi connectivity index (χ0) is 14.9. The summed E-state index contributed by atoms with van der Waals surface area (Å²) in [7, 11) is 0. The molecule has 0 radical (unpaired) electrons. The monoisotopic (exact) mass is 278 g/mol. The lowest BCUT2D eigenvalue weighted by Crippen LogP contribution is -2.44. The lowest BCUT2D eigenvalue weighted by Gasteiger charge is -2.31. The van der Waals surface area contributed by atoms with E-state index in [2.05, 4.69) is 6.58 Å². The average Bonchev–Trinajstić information content (AvgIpc) is 2.12. The minimum atomic E-state index is -5.70. The van der Waals surface area contributed by atoms with Gasteiger partial charge in [-0.05, 0) is 0 Å². The van der Waals surface area contributed by atoms with E-state index < -0.39 is 41.6 Å². The summed E-state index contributed by atoms with van der Waals surface area (Å²) in [4.78, 5) is 10.5. The predicted octanol–water partition coefficient (Wildman–Crippen LogP) is 3.58. The summed E-state index contributed by atoms with van der Waals surface area (Å²) in [5, 5.41) is 8.55. The van der Waals surface area contributed by atoms with Gasteiger partial charge in [0.05, 0.1) is 0 Å². The fourth-order valence-electron chi connectivity index (χ4n) is 1.31. The van der Waals surface area contributed by atoms with Crippen molar-refractivity contribution in [3.05, 3.63) is 12.2 Å².